The Bertz CT molecular complexity index is 398. The lowest BCUT2D eigenvalue weighted by atomic mass is 9.96. The van der Waals surface area contributed by atoms with Crippen LogP contribution in [-0.4, -0.2) is 30.5 Å². The molecule has 0 spiro atoms. The van der Waals surface area contributed by atoms with Gasteiger partial charge >= 0.3 is 0 Å². The van der Waals surface area contributed by atoms with Crippen LogP contribution in [0.3, 0.4) is 0 Å². The van der Waals surface area contributed by atoms with Crippen molar-refractivity contribution in [3.05, 3.63) is 18.3 Å². The third-order valence-electron chi connectivity index (χ3n) is 2.79. The highest BCUT2D eigenvalue weighted by atomic mass is 16.2. The number of pyridine rings is 1. The molecule has 0 aliphatic rings. The second kappa shape index (κ2) is 5.82. The Hall–Kier alpha value is -1.62. The summed E-state index contributed by atoms with van der Waals surface area (Å²) in [7, 11) is 3.88. The van der Waals surface area contributed by atoms with Crippen LogP contribution in [-0.2, 0) is 4.79 Å². The molecule has 0 saturated heterocycles. The summed E-state index contributed by atoms with van der Waals surface area (Å²) < 4.78 is 0. The molecule has 1 atom stereocenters. The molecule has 18 heavy (non-hydrogen) atoms. The summed E-state index contributed by atoms with van der Waals surface area (Å²) in [5, 5.41) is 2.74. The van der Waals surface area contributed by atoms with Gasteiger partial charge in [0.1, 0.15) is 5.82 Å². The van der Waals surface area contributed by atoms with E-state index in [9.17, 15) is 4.79 Å². The van der Waals surface area contributed by atoms with E-state index in [2.05, 4.69) is 10.3 Å². The van der Waals surface area contributed by atoms with Crippen LogP contribution in [0.2, 0.25) is 0 Å². The average molecular weight is 250 g/mol. The number of rotatable bonds is 5. The molecule has 0 radical (unpaired) electrons. The molecule has 1 aromatic rings. The summed E-state index contributed by atoms with van der Waals surface area (Å²) in [6, 6.07) is 3.67. The number of carbonyl (C=O) groups excluding carboxylic acids is 1. The van der Waals surface area contributed by atoms with Crippen LogP contribution in [0.4, 0.5) is 11.5 Å². The van der Waals surface area contributed by atoms with Crippen LogP contribution < -0.4 is 16.0 Å². The Morgan fingerprint density at radius 1 is 1.50 bits per heavy atom. The van der Waals surface area contributed by atoms with Gasteiger partial charge in [-0.2, -0.15) is 0 Å². The fourth-order valence-corrected chi connectivity index (χ4v) is 1.62. The number of nitrogens with zero attached hydrogens (tertiary/aromatic N) is 2. The smallest absolute Gasteiger partial charge is 0.245 e. The van der Waals surface area contributed by atoms with E-state index in [0.717, 1.165) is 12.1 Å². The van der Waals surface area contributed by atoms with Gasteiger partial charge < -0.3 is 16.0 Å². The van der Waals surface area contributed by atoms with Gasteiger partial charge in [0.25, 0.3) is 0 Å². The minimum atomic E-state index is -0.851. The highest BCUT2D eigenvalue weighted by Gasteiger charge is 2.27. The summed E-state index contributed by atoms with van der Waals surface area (Å²) in [5.74, 6) is 0.327. The Kier molecular flexibility index (Phi) is 4.67. The molecule has 0 aliphatic carbocycles. The molecule has 1 amide bonds. The fraction of sp³-hybridized carbons (Fsp3) is 0.538. The first-order valence-electron chi connectivity index (χ1n) is 6.10. The van der Waals surface area contributed by atoms with Gasteiger partial charge in [0.15, 0.2) is 0 Å². The van der Waals surface area contributed by atoms with Crippen molar-refractivity contribution in [1.29, 1.82) is 0 Å². The molecule has 0 bridgehead atoms. The number of hydrogen-bond acceptors (Lipinski definition) is 4. The number of anilines is 2. The molecule has 1 rings (SSSR count). The van der Waals surface area contributed by atoms with Gasteiger partial charge in [-0.05, 0) is 25.5 Å². The molecular formula is C13H22N4O. The third-order valence-corrected chi connectivity index (χ3v) is 2.79. The summed E-state index contributed by atoms with van der Waals surface area (Å²) in [5.41, 5.74) is 6.08. The van der Waals surface area contributed by atoms with Gasteiger partial charge in [0.2, 0.25) is 5.91 Å². The minimum absolute atomic E-state index is 0.200. The number of carbonyl (C=O) groups is 1. The fourth-order valence-electron chi connectivity index (χ4n) is 1.62. The highest BCUT2D eigenvalue weighted by molar-refractivity contribution is 5.96. The van der Waals surface area contributed by atoms with Crippen molar-refractivity contribution in [2.24, 2.45) is 5.73 Å². The molecule has 5 heteroatoms. The van der Waals surface area contributed by atoms with E-state index in [0.29, 0.717) is 12.2 Å². The lowest BCUT2D eigenvalue weighted by molar-refractivity contribution is -0.120. The van der Waals surface area contributed by atoms with E-state index in [1.54, 1.807) is 19.2 Å². The van der Waals surface area contributed by atoms with E-state index >= 15 is 0 Å². The maximum atomic E-state index is 12.0. The van der Waals surface area contributed by atoms with Crippen molar-refractivity contribution in [2.45, 2.75) is 32.2 Å². The van der Waals surface area contributed by atoms with Crippen molar-refractivity contribution in [3.8, 4) is 0 Å². The van der Waals surface area contributed by atoms with Crippen molar-refractivity contribution in [3.63, 3.8) is 0 Å². The Labute approximate surface area is 108 Å². The molecule has 0 saturated carbocycles. The van der Waals surface area contributed by atoms with Gasteiger partial charge in [0, 0.05) is 14.1 Å². The molecule has 5 nitrogen and oxygen atoms in total. The number of nitrogens with one attached hydrogen (secondary N) is 1. The van der Waals surface area contributed by atoms with Crippen molar-refractivity contribution in [2.75, 3.05) is 24.3 Å². The van der Waals surface area contributed by atoms with Crippen molar-refractivity contribution >= 4 is 17.4 Å². The molecule has 0 aliphatic heterocycles. The van der Waals surface area contributed by atoms with Crippen molar-refractivity contribution < 1.29 is 4.79 Å². The van der Waals surface area contributed by atoms with Gasteiger partial charge in [-0.15, -0.1) is 0 Å². The van der Waals surface area contributed by atoms with Gasteiger partial charge in [-0.3, -0.25) is 4.79 Å². The zero-order valence-corrected chi connectivity index (χ0v) is 11.5. The minimum Gasteiger partial charge on any atom is -0.376 e. The normalized spacial score (nSPS) is 13.8. The van der Waals surface area contributed by atoms with E-state index in [1.807, 2.05) is 32.0 Å². The molecule has 1 aromatic heterocycles. The molecule has 1 unspecified atom stereocenters. The lowest BCUT2D eigenvalue weighted by Gasteiger charge is -2.22. The number of amides is 1. The van der Waals surface area contributed by atoms with E-state index in [1.165, 1.54) is 0 Å². The summed E-state index contributed by atoms with van der Waals surface area (Å²) in [4.78, 5) is 18.1. The maximum Gasteiger partial charge on any atom is 0.245 e. The zero-order valence-electron chi connectivity index (χ0n) is 11.5. The summed E-state index contributed by atoms with van der Waals surface area (Å²) >= 11 is 0. The first-order chi connectivity index (χ1) is 8.36. The second-order valence-electron chi connectivity index (χ2n) is 4.92. The van der Waals surface area contributed by atoms with Gasteiger partial charge in [-0.25, -0.2) is 4.98 Å². The topological polar surface area (TPSA) is 71.2 Å². The molecule has 3 N–H and O–H groups in total. The SMILES string of the molecule is CCCC(C)(N)C(=O)Nc1ccc(N(C)C)cn1. The summed E-state index contributed by atoms with van der Waals surface area (Å²) in [6.45, 7) is 3.74. The maximum absolute atomic E-state index is 12.0. The monoisotopic (exact) mass is 250 g/mol. The Morgan fingerprint density at radius 2 is 2.17 bits per heavy atom. The standard InChI is InChI=1S/C13H22N4O/c1-5-8-13(2,14)12(18)16-11-7-6-10(9-15-11)17(3)4/h6-7,9H,5,8,14H2,1-4H3,(H,15,16,18). The molecule has 0 fully saturated rings. The van der Waals surface area contributed by atoms with Crippen LogP contribution in [0, 0.1) is 0 Å². The average Bonchev–Trinajstić information content (AvgIpc) is 2.29. The lowest BCUT2D eigenvalue weighted by Crippen LogP contribution is -2.48. The Balaban J connectivity index is 2.70. The van der Waals surface area contributed by atoms with Crippen LogP contribution in [0.15, 0.2) is 18.3 Å². The number of aromatic nitrogens is 1. The third kappa shape index (κ3) is 3.70. The molecular weight excluding hydrogens is 228 g/mol. The number of nitrogens with two attached hydrogens (primary N) is 1. The Morgan fingerprint density at radius 3 is 2.61 bits per heavy atom. The quantitative estimate of drug-likeness (QED) is 0.832. The van der Waals surface area contributed by atoms with E-state index in [-0.39, 0.29) is 5.91 Å². The predicted octanol–water partition coefficient (Wildman–Crippen LogP) is 1.60. The summed E-state index contributed by atoms with van der Waals surface area (Å²) in [6.07, 6.45) is 3.23. The molecule has 1 heterocycles. The van der Waals surface area contributed by atoms with Crippen LogP contribution in [0.1, 0.15) is 26.7 Å². The molecule has 100 valence electrons. The first-order valence-corrected chi connectivity index (χ1v) is 6.10. The highest BCUT2D eigenvalue weighted by Crippen LogP contribution is 2.15. The van der Waals surface area contributed by atoms with Crippen molar-refractivity contribution in [1.82, 2.24) is 4.98 Å². The largest absolute Gasteiger partial charge is 0.376 e. The van der Waals surface area contributed by atoms with Crippen LogP contribution >= 0.6 is 0 Å². The van der Waals surface area contributed by atoms with Crippen LogP contribution in [0.5, 0.6) is 0 Å². The van der Waals surface area contributed by atoms with Gasteiger partial charge in [-0.1, -0.05) is 13.3 Å². The molecule has 0 aromatic carbocycles. The first kappa shape index (κ1) is 14.4. The second-order valence-corrected chi connectivity index (χ2v) is 4.92. The van der Waals surface area contributed by atoms with Crippen LogP contribution in [0.25, 0.3) is 0 Å². The van der Waals surface area contributed by atoms with E-state index < -0.39 is 5.54 Å². The van der Waals surface area contributed by atoms with Gasteiger partial charge in [0.05, 0.1) is 17.4 Å². The van der Waals surface area contributed by atoms with E-state index in [4.69, 9.17) is 5.73 Å². The zero-order chi connectivity index (χ0) is 13.8. The number of hydrogen-bond donors (Lipinski definition) is 2. The predicted molar refractivity (Wildman–Crippen MR) is 74.7 cm³/mol.